The highest BCUT2D eigenvalue weighted by Gasteiger charge is 2.72. The normalized spacial score (nSPS) is 24.0. The van der Waals surface area contributed by atoms with Crippen LogP contribution in [0.15, 0.2) is 65.7 Å². The Morgan fingerprint density at radius 1 is 1.15 bits per heavy atom. The molecule has 3 aromatic rings. The minimum absolute atomic E-state index is 0.0500. The molecular formula is C25H24F6N4O3S. The summed E-state index contributed by atoms with van der Waals surface area (Å²) >= 11 is 0. The summed E-state index contributed by atoms with van der Waals surface area (Å²) in [5.74, 6) is -0.419. The number of piperidine rings is 1. The molecule has 2 aromatic carbocycles. The van der Waals surface area contributed by atoms with Crippen LogP contribution in [0.3, 0.4) is 0 Å². The Bertz CT molecular complexity index is 1490. The lowest BCUT2D eigenvalue weighted by molar-refractivity contribution is -0.137. The predicted octanol–water partition coefficient (Wildman–Crippen LogP) is 6.27. The predicted molar refractivity (Wildman–Crippen MR) is 135 cm³/mol. The number of halogens is 6. The average Bonchev–Trinajstić information content (AvgIpc) is 3.47. The number of rotatable bonds is 6. The summed E-state index contributed by atoms with van der Waals surface area (Å²) in [5.41, 5.74) is -0.465. The molecule has 0 saturated carbocycles. The first-order valence-electron chi connectivity index (χ1n) is 11.7. The standard InChI is InChI=1S/C25H24F6N4O3S/c1-16-12-34(15-32-16)22-8-3-17(10-23(22)37-2)9-18-11-21(39(27,28,29,30)31)13-35-24(18)33-38-25(35,14-36)19-4-6-20(26)7-5-19/h3-10,12,15,21,36H,11,13-14H2,1-2H3. The van der Waals surface area contributed by atoms with Crippen molar-refractivity contribution >= 4 is 22.1 Å². The second-order valence-electron chi connectivity index (χ2n) is 9.44. The van der Waals surface area contributed by atoms with E-state index in [4.69, 9.17) is 9.57 Å². The van der Waals surface area contributed by atoms with Crippen molar-refractivity contribution in [3.05, 3.63) is 83.2 Å². The molecule has 39 heavy (non-hydrogen) atoms. The first-order valence-corrected chi connectivity index (χ1v) is 13.7. The summed E-state index contributed by atoms with van der Waals surface area (Å²) in [6.45, 7) is -0.346. The summed E-state index contributed by atoms with van der Waals surface area (Å²) < 4.78 is 91.5. The zero-order chi connectivity index (χ0) is 28.3. The lowest BCUT2D eigenvalue weighted by atomic mass is 9.94. The van der Waals surface area contributed by atoms with E-state index in [1.54, 1.807) is 42.2 Å². The molecule has 2 atom stereocenters. The van der Waals surface area contributed by atoms with Crippen LogP contribution in [0.4, 0.5) is 23.8 Å². The molecule has 2 unspecified atom stereocenters. The molecule has 5 rings (SSSR count). The quantitative estimate of drug-likeness (QED) is 0.351. The van der Waals surface area contributed by atoms with E-state index in [9.17, 15) is 28.9 Å². The van der Waals surface area contributed by atoms with Crippen molar-refractivity contribution in [2.24, 2.45) is 5.16 Å². The fourth-order valence-electron chi connectivity index (χ4n) is 4.76. The van der Waals surface area contributed by atoms with E-state index in [1.807, 2.05) is 0 Å². The van der Waals surface area contributed by atoms with Crippen molar-refractivity contribution in [3.63, 3.8) is 0 Å². The van der Waals surface area contributed by atoms with Gasteiger partial charge in [0.2, 0.25) is 0 Å². The minimum atomic E-state index is -10.0. The fourth-order valence-corrected chi connectivity index (χ4v) is 5.68. The molecular weight excluding hydrogens is 550 g/mol. The molecule has 0 bridgehead atoms. The molecule has 3 heterocycles. The molecule has 1 aromatic heterocycles. The third-order valence-corrected chi connectivity index (χ3v) is 8.35. The number of hydrogen-bond donors (Lipinski definition) is 1. The van der Waals surface area contributed by atoms with Gasteiger partial charge in [-0.15, -0.1) is 0 Å². The van der Waals surface area contributed by atoms with Gasteiger partial charge in [-0.3, -0.25) is 0 Å². The Labute approximate surface area is 219 Å². The smallest absolute Gasteiger partial charge is 0.290 e. The molecule has 7 nitrogen and oxygen atoms in total. The number of amidine groups is 1. The van der Waals surface area contributed by atoms with Crippen molar-refractivity contribution in [2.75, 3.05) is 20.3 Å². The topological polar surface area (TPSA) is 72.1 Å². The third kappa shape index (κ3) is 4.93. The zero-order valence-electron chi connectivity index (χ0n) is 20.7. The molecule has 2 aliphatic heterocycles. The number of methoxy groups -OCH3 is 1. The number of aryl methyl sites for hydroxylation is 1. The summed E-state index contributed by atoms with van der Waals surface area (Å²) in [7, 11) is -8.62. The fraction of sp³-hybridized carbons (Fsp3) is 0.280. The van der Waals surface area contributed by atoms with E-state index in [0.29, 0.717) is 17.0 Å². The van der Waals surface area contributed by atoms with Crippen LogP contribution in [-0.2, 0) is 10.6 Å². The highest BCUT2D eigenvalue weighted by molar-refractivity contribution is 8.46. The number of benzene rings is 2. The Morgan fingerprint density at radius 3 is 2.46 bits per heavy atom. The molecule has 14 heteroatoms. The Kier molecular flexibility index (Phi) is 5.82. The Morgan fingerprint density at radius 2 is 1.87 bits per heavy atom. The first kappa shape index (κ1) is 26.9. The zero-order valence-corrected chi connectivity index (χ0v) is 21.5. The molecule has 0 radical (unpaired) electrons. The second kappa shape index (κ2) is 8.42. The van der Waals surface area contributed by atoms with E-state index in [-0.39, 0.29) is 17.0 Å². The maximum absolute atomic E-state index is 14.2. The van der Waals surface area contributed by atoms with Gasteiger partial charge < -0.3 is 24.1 Å². The maximum Gasteiger partial charge on any atom is 0.290 e. The number of imidazole rings is 1. The van der Waals surface area contributed by atoms with Gasteiger partial charge in [0.25, 0.3) is 15.9 Å². The van der Waals surface area contributed by atoms with Gasteiger partial charge in [0.05, 0.1) is 24.8 Å². The van der Waals surface area contributed by atoms with Crippen molar-refractivity contribution < 1.29 is 38.5 Å². The highest BCUT2D eigenvalue weighted by Crippen LogP contribution is 3.01. The molecule has 0 aliphatic carbocycles. The van der Waals surface area contributed by atoms with E-state index in [2.05, 4.69) is 10.1 Å². The molecule has 1 N–H and O–H groups in total. The third-order valence-electron chi connectivity index (χ3n) is 6.77. The molecule has 210 valence electrons. The summed E-state index contributed by atoms with van der Waals surface area (Å²) in [6.07, 6.45) is 3.56. The second-order valence-corrected chi connectivity index (χ2v) is 12.2. The van der Waals surface area contributed by atoms with Gasteiger partial charge in [-0.05, 0) is 61.4 Å². The van der Waals surface area contributed by atoms with E-state index >= 15 is 0 Å². The molecule has 1 fully saturated rings. The van der Waals surface area contributed by atoms with Crippen LogP contribution in [0.25, 0.3) is 11.8 Å². The number of hydrogen-bond acceptors (Lipinski definition) is 6. The molecule has 2 aliphatic rings. The number of nitrogens with zero attached hydrogens (tertiary/aromatic N) is 4. The van der Waals surface area contributed by atoms with Crippen LogP contribution >= 0.6 is 10.2 Å². The van der Waals surface area contributed by atoms with Crippen LogP contribution in [0, 0.1) is 12.7 Å². The van der Waals surface area contributed by atoms with Gasteiger partial charge in [0, 0.05) is 23.9 Å². The largest absolute Gasteiger partial charge is 0.495 e. The number of fused-ring (bicyclic) bond motifs is 1. The van der Waals surface area contributed by atoms with Crippen molar-refractivity contribution in [2.45, 2.75) is 24.3 Å². The van der Waals surface area contributed by atoms with Crippen molar-refractivity contribution in [3.8, 4) is 11.4 Å². The SMILES string of the molecule is COc1cc(C=C2CC(S(F)(F)(F)(F)F)CN3C2=NOC3(CO)c2ccc(F)cc2)ccc1-n1cnc(C)c1. The van der Waals surface area contributed by atoms with Gasteiger partial charge in [0.15, 0.2) is 5.84 Å². The monoisotopic (exact) mass is 574 g/mol. The maximum atomic E-state index is 14.2. The minimum Gasteiger partial charge on any atom is -0.495 e. The number of aromatic nitrogens is 2. The summed E-state index contributed by atoms with van der Waals surface area (Å²) in [6, 6.07) is 9.21. The van der Waals surface area contributed by atoms with Crippen LogP contribution in [-0.4, -0.2) is 50.9 Å². The van der Waals surface area contributed by atoms with Gasteiger partial charge in [-0.25, -0.2) is 9.37 Å². The number of ether oxygens (including phenoxy) is 1. The number of aliphatic hydroxyl groups is 1. The van der Waals surface area contributed by atoms with Gasteiger partial charge in [-0.2, -0.15) is 0 Å². The molecule has 0 spiro atoms. The van der Waals surface area contributed by atoms with Crippen LogP contribution < -0.4 is 4.74 Å². The molecule has 0 amide bonds. The summed E-state index contributed by atoms with van der Waals surface area (Å²) in [4.78, 5) is 10.5. The Balaban J connectivity index is 1.60. The average molecular weight is 575 g/mol. The van der Waals surface area contributed by atoms with Crippen LogP contribution in [0.2, 0.25) is 0 Å². The van der Waals surface area contributed by atoms with Crippen molar-refractivity contribution in [1.82, 2.24) is 14.5 Å². The van der Waals surface area contributed by atoms with Gasteiger partial charge >= 0.3 is 0 Å². The molecule has 1 saturated heterocycles. The Hall–Kier alpha value is -3.65. The highest BCUT2D eigenvalue weighted by atomic mass is 32.5. The van der Waals surface area contributed by atoms with E-state index < -0.39 is 46.6 Å². The van der Waals surface area contributed by atoms with E-state index in [1.165, 1.54) is 25.3 Å². The van der Waals surface area contributed by atoms with Gasteiger partial charge in [0.1, 0.15) is 23.4 Å². The van der Waals surface area contributed by atoms with Crippen molar-refractivity contribution in [1.29, 1.82) is 0 Å². The summed E-state index contributed by atoms with van der Waals surface area (Å²) in [5, 5.41) is 11.1. The van der Waals surface area contributed by atoms with Crippen LogP contribution in [0.5, 0.6) is 5.75 Å². The number of oxime groups is 1. The number of aliphatic hydroxyl groups excluding tert-OH is 1. The first-order chi connectivity index (χ1) is 18.1. The van der Waals surface area contributed by atoms with Gasteiger partial charge in [-0.1, -0.05) is 30.7 Å². The van der Waals surface area contributed by atoms with E-state index in [0.717, 1.165) is 22.7 Å². The van der Waals surface area contributed by atoms with Crippen LogP contribution in [0.1, 0.15) is 23.2 Å². The lowest BCUT2D eigenvalue weighted by Crippen LogP contribution is -2.56. The lowest BCUT2D eigenvalue weighted by Gasteiger charge is -2.52.